The highest BCUT2D eigenvalue weighted by atomic mass is 16.7. The normalized spacial score (nSPS) is 18.1. The summed E-state index contributed by atoms with van der Waals surface area (Å²) in [6, 6.07) is 5.14. The smallest absolute Gasteiger partial charge is 0.428 e. The first kappa shape index (κ1) is 10.9. The van der Waals surface area contributed by atoms with Crippen molar-refractivity contribution in [3.63, 3.8) is 0 Å². The van der Waals surface area contributed by atoms with Crippen molar-refractivity contribution in [3.05, 3.63) is 24.4 Å². The van der Waals surface area contributed by atoms with Crippen LogP contribution in [0.1, 0.15) is 32.6 Å². The van der Waals surface area contributed by atoms with Crippen LogP contribution in [0.25, 0.3) is 0 Å². The molecule has 1 heterocycles. The summed E-state index contributed by atoms with van der Waals surface area (Å²) < 4.78 is 10.3. The third-order valence-electron chi connectivity index (χ3n) is 2.82. The first-order chi connectivity index (χ1) is 7.68. The molecule has 16 heavy (non-hydrogen) atoms. The lowest BCUT2D eigenvalue weighted by molar-refractivity contribution is 0.00130. The van der Waals surface area contributed by atoms with Gasteiger partial charge in [-0.1, -0.05) is 6.07 Å². The SMILES string of the molecule is CC1(OC(=O)Oc2ccccn2)CCCC1. The van der Waals surface area contributed by atoms with Gasteiger partial charge in [0.25, 0.3) is 0 Å². The third kappa shape index (κ3) is 2.72. The molecule has 4 nitrogen and oxygen atoms in total. The fraction of sp³-hybridized carbons (Fsp3) is 0.500. The monoisotopic (exact) mass is 221 g/mol. The molecule has 0 aromatic carbocycles. The van der Waals surface area contributed by atoms with Gasteiger partial charge in [-0.15, -0.1) is 0 Å². The lowest BCUT2D eigenvalue weighted by Crippen LogP contribution is -2.29. The van der Waals surface area contributed by atoms with Crippen molar-refractivity contribution in [2.45, 2.75) is 38.2 Å². The highest BCUT2D eigenvalue weighted by molar-refractivity contribution is 5.63. The van der Waals surface area contributed by atoms with Crippen molar-refractivity contribution < 1.29 is 14.3 Å². The van der Waals surface area contributed by atoms with E-state index >= 15 is 0 Å². The fourth-order valence-corrected chi connectivity index (χ4v) is 1.94. The minimum atomic E-state index is -0.664. The second kappa shape index (κ2) is 4.51. The number of nitrogens with zero attached hydrogens (tertiary/aromatic N) is 1. The average Bonchev–Trinajstić information content (AvgIpc) is 2.66. The summed E-state index contributed by atoms with van der Waals surface area (Å²) in [4.78, 5) is 15.4. The van der Waals surface area contributed by atoms with E-state index in [1.54, 1.807) is 24.4 Å². The van der Waals surface area contributed by atoms with Gasteiger partial charge in [0.15, 0.2) is 0 Å². The van der Waals surface area contributed by atoms with E-state index < -0.39 is 6.16 Å². The van der Waals surface area contributed by atoms with E-state index in [9.17, 15) is 4.79 Å². The second-order valence-corrected chi connectivity index (χ2v) is 4.28. The zero-order valence-corrected chi connectivity index (χ0v) is 9.31. The van der Waals surface area contributed by atoms with E-state index in [-0.39, 0.29) is 11.5 Å². The van der Waals surface area contributed by atoms with Crippen LogP contribution < -0.4 is 4.74 Å². The molecule has 0 spiro atoms. The standard InChI is InChI=1S/C12H15NO3/c1-12(7-3-4-8-12)16-11(14)15-10-6-2-5-9-13-10/h2,5-6,9H,3-4,7-8H2,1H3. The highest BCUT2D eigenvalue weighted by Crippen LogP contribution is 2.32. The van der Waals surface area contributed by atoms with Crippen LogP contribution in [-0.4, -0.2) is 16.7 Å². The molecule has 0 unspecified atom stereocenters. The summed E-state index contributed by atoms with van der Waals surface area (Å²) in [7, 11) is 0. The van der Waals surface area contributed by atoms with Crippen molar-refractivity contribution in [2.75, 3.05) is 0 Å². The second-order valence-electron chi connectivity index (χ2n) is 4.28. The first-order valence-corrected chi connectivity index (χ1v) is 5.50. The highest BCUT2D eigenvalue weighted by Gasteiger charge is 2.33. The van der Waals surface area contributed by atoms with Gasteiger partial charge in [-0.3, -0.25) is 0 Å². The Bertz CT molecular complexity index is 358. The Morgan fingerprint density at radius 3 is 2.75 bits per heavy atom. The summed E-state index contributed by atoms with van der Waals surface area (Å²) in [5.41, 5.74) is -0.355. The minimum absolute atomic E-state index is 0.272. The molecular formula is C12H15NO3. The topological polar surface area (TPSA) is 48.4 Å². The molecule has 2 rings (SSSR count). The van der Waals surface area contributed by atoms with Gasteiger partial charge in [0.1, 0.15) is 5.60 Å². The molecule has 1 saturated carbocycles. The number of ether oxygens (including phenoxy) is 2. The molecule has 1 fully saturated rings. The van der Waals surface area contributed by atoms with Crippen molar-refractivity contribution in [1.82, 2.24) is 4.98 Å². The van der Waals surface area contributed by atoms with Gasteiger partial charge < -0.3 is 9.47 Å². The van der Waals surface area contributed by atoms with Gasteiger partial charge in [-0.2, -0.15) is 0 Å². The van der Waals surface area contributed by atoms with Gasteiger partial charge in [-0.25, -0.2) is 9.78 Å². The zero-order valence-electron chi connectivity index (χ0n) is 9.31. The molecular weight excluding hydrogens is 206 g/mol. The number of carbonyl (C=O) groups excluding carboxylic acids is 1. The van der Waals surface area contributed by atoms with Crippen molar-refractivity contribution >= 4 is 6.16 Å². The molecule has 1 aliphatic rings. The quantitative estimate of drug-likeness (QED) is 0.720. The number of hydrogen-bond acceptors (Lipinski definition) is 4. The van der Waals surface area contributed by atoms with Crippen LogP contribution in [0.4, 0.5) is 4.79 Å². The van der Waals surface area contributed by atoms with Crippen LogP contribution in [0, 0.1) is 0 Å². The van der Waals surface area contributed by atoms with E-state index in [2.05, 4.69) is 4.98 Å². The largest absolute Gasteiger partial charge is 0.515 e. The molecule has 0 atom stereocenters. The molecule has 0 amide bonds. The lowest BCUT2D eigenvalue weighted by atomic mass is 10.1. The van der Waals surface area contributed by atoms with Gasteiger partial charge in [0.2, 0.25) is 5.88 Å². The van der Waals surface area contributed by atoms with Crippen molar-refractivity contribution in [1.29, 1.82) is 0 Å². The van der Waals surface area contributed by atoms with E-state index in [0.717, 1.165) is 25.7 Å². The van der Waals surface area contributed by atoms with E-state index in [4.69, 9.17) is 9.47 Å². The van der Waals surface area contributed by atoms with Gasteiger partial charge in [-0.05, 0) is 38.7 Å². The fourth-order valence-electron chi connectivity index (χ4n) is 1.94. The molecule has 1 aromatic heterocycles. The molecule has 1 aromatic rings. The van der Waals surface area contributed by atoms with Crippen LogP contribution in [0.5, 0.6) is 5.88 Å². The summed E-state index contributed by atoms with van der Waals surface area (Å²) in [6.45, 7) is 1.94. The number of rotatable bonds is 2. The summed E-state index contributed by atoms with van der Waals surface area (Å²) in [5.74, 6) is 0.272. The summed E-state index contributed by atoms with van der Waals surface area (Å²) in [5, 5.41) is 0. The van der Waals surface area contributed by atoms with Crippen LogP contribution in [-0.2, 0) is 4.74 Å². The molecule has 0 aliphatic heterocycles. The number of carbonyl (C=O) groups is 1. The average molecular weight is 221 g/mol. The summed E-state index contributed by atoms with van der Waals surface area (Å²) in [6.07, 6.45) is 4.93. The molecule has 86 valence electrons. The molecule has 0 radical (unpaired) electrons. The first-order valence-electron chi connectivity index (χ1n) is 5.50. The maximum absolute atomic E-state index is 11.5. The zero-order chi connectivity index (χ0) is 11.4. The maximum Gasteiger partial charge on any atom is 0.515 e. The van der Waals surface area contributed by atoms with Gasteiger partial charge in [0, 0.05) is 12.3 Å². The number of hydrogen-bond donors (Lipinski definition) is 0. The van der Waals surface area contributed by atoms with Crippen LogP contribution in [0.15, 0.2) is 24.4 Å². The lowest BCUT2D eigenvalue weighted by Gasteiger charge is -2.22. The van der Waals surface area contributed by atoms with E-state index in [1.807, 2.05) is 6.92 Å². The van der Waals surface area contributed by atoms with Crippen LogP contribution in [0.3, 0.4) is 0 Å². The van der Waals surface area contributed by atoms with Crippen LogP contribution >= 0.6 is 0 Å². The minimum Gasteiger partial charge on any atom is -0.428 e. The maximum atomic E-state index is 11.5. The van der Waals surface area contributed by atoms with E-state index in [1.165, 1.54) is 0 Å². The van der Waals surface area contributed by atoms with Crippen LogP contribution in [0.2, 0.25) is 0 Å². The molecule has 0 bridgehead atoms. The Hall–Kier alpha value is -1.58. The van der Waals surface area contributed by atoms with Crippen molar-refractivity contribution in [3.8, 4) is 5.88 Å². The molecule has 0 N–H and O–H groups in total. The summed E-state index contributed by atoms with van der Waals surface area (Å²) >= 11 is 0. The molecule has 1 aliphatic carbocycles. The Kier molecular flexibility index (Phi) is 3.08. The Labute approximate surface area is 94.6 Å². The Balaban J connectivity index is 1.89. The van der Waals surface area contributed by atoms with Crippen molar-refractivity contribution in [2.24, 2.45) is 0 Å². The van der Waals surface area contributed by atoms with Gasteiger partial charge in [0.05, 0.1) is 0 Å². The predicted octanol–water partition coefficient (Wildman–Crippen LogP) is 2.93. The number of aromatic nitrogens is 1. The number of pyridine rings is 1. The predicted molar refractivity (Wildman–Crippen MR) is 58.2 cm³/mol. The molecule has 4 heteroatoms. The third-order valence-corrected chi connectivity index (χ3v) is 2.82. The van der Waals surface area contributed by atoms with Gasteiger partial charge >= 0.3 is 6.16 Å². The Morgan fingerprint density at radius 2 is 2.12 bits per heavy atom. The Morgan fingerprint density at radius 1 is 1.38 bits per heavy atom. The van der Waals surface area contributed by atoms with E-state index in [0.29, 0.717) is 0 Å². The molecule has 0 saturated heterocycles.